The molecule has 1 saturated carbocycles. The topological polar surface area (TPSA) is 37.4 Å². The van der Waals surface area contributed by atoms with Crippen molar-refractivity contribution in [3.63, 3.8) is 0 Å². The SMILES string of the molecule is O=C1[C@@H]2[C@H](C(=O)N1c1cccc(Cl)c1)[C@H]1C=C[C@H]2C1. The molecule has 0 radical (unpaired) electrons. The Morgan fingerprint density at radius 3 is 2.26 bits per heavy atom. The number of anilines is 1. The lowest BCUT2D eigenvalue weighted by Crippen LogP contribution is -2.32. The Morgan fingerprint density at radius 1 is 1.05 bits per heavy atom. The molecule has 1 aromatic rings. The summed E-state index contributed by atoms with van der Waals surface area (Å²) in [5, 5.41) is 0.538. The summed E-state index contributed by atoms with van der Waals surface area (Å²) in [6, 6.07) is 6.94. The maximum atomic E-state index is 12.5. The lowest BCUT2D eigenvalue weighted by atomic mass is 9.85. The Bertz CT molecular complexity index is 594. The number of carbonyl (C=O) groups is 2. The van der Waals surface area contributed by atoms with Crippen LogP contribution in [0.25, 0.3) is 0 Å². The van der Waals surface area contributed by atoms with Gasteiger partial charge in [-0.15, -0.1) is 0 Å². The predicted octanol–water partition coefficient (Wildman–Crippen LogP) is 2.65. The van der Waals surface area contributed by atoms with Crippen LogP contribution in [-0.2, 0) is 9.59 Å². The maximum absolute atomic E-state index is 12.5. The van der Waals surface area contributed by atoms with E-state index in [1.807, 2.05) is 0 Å². The smallest absolute Gasteiger partial charge is 0.238 e. The van der Waals surface area contributed by atoms with Gasteiger partial charge in [0.05, 0.1) is 17.5 Å². The molecule has 2 aliphatic carbocycles. The van der Waals surface area contributed by atoms with Crippen molar-refractivity contribution in [1.29, 1.82) is 0 Å². The first-order valence-corrected chi connectivity index (χ1v) is 6.86. The quantitative estimate of drug-likeness (QED) is 0.583. The first-order valence-electron chi connectivity index (χ1n) is 6.48. The summed E-state index contributed by atoms with van der Waals surface area (Å²) in [4.78, 5) is 26.4. The highest BCUT2D eigenvalue weighted by atomic mass is 35.5. The number of nitrogens with zero attached hydrogens (tertiary/aromatic N) is 1. The van der Waals surface area contributed by atoms with Crippen molar-refractivity contribution < 1.29 is 9.59 Å². The van der Waals surface area contributed by atoms with Gasteiger partial charge in [-0.05, 0) is 36.5 Å². The Morgan fingerprint density at radius 2 is 1.68 bits per heavy atom. The van der Waals surface area contributed by atoms with E-state index in [0.29, 0.717) is 10.7 Å². The summed E-state index contributed by atoms with van der Waals surface area (Å²) in [6.07, 6.45) is 5.15. The van der Waals surface area contributed by atoms with Crippen molar-refractivity contribution in [3.8, 4) is 0 Å². The van der Waals surface area contributed by atoms with Crippen molar-refractivity contribution in [1.82, 2.24) is 0 Å². The zero-order chi connectivity index (χ0) is 13.1. The summed E-state index contributed by atoms with van der Waals surface area (Å²) in [7, 11) is 0. The standard InChI is InChI=1S/C15H12ClNO2/c16-10-2-1-3-11(7-10)17-14(18)12-8-4-5-9(6-8)13(12)15(17)19/h1-5,7-9,12-13H,6H2/t8-,9-,12-,13+/m0/s1. The number of amides is 2. The molecule has 1 aliphatic heterocycles. The van der Waals surface area contributed by atoms with Crippen LogP contribution < -0.4 is 4.90 Å². The number of carbonyl (C=O) groups excluding carboxylic acids is 2. The minimum absolute atomic E-state index is 0.0610. The molecule has 2 fully saturated rings. The number of hydrogen-bond donors (Lipinski definition) is 0. The number of fused-ring (bicyclic) bond motifs is 5. The first kappa shape index (κ1) is 11.2. The van der Waals surface area contributed by atoms with E-state index < -0.39 is 0 Å². The highest BCUT2D eigenvalue weighted by molar-refractivity contribution is 6.31. The summed E-state index contributed by atoms with van der Waals surface area (Å²) < 4.78 is 0. The summed E-state index contributed by atoms with van der Waals surface area (Å²) in [6.45, 7) is 0. The van der Waals surface area contributed by atoms with Crippen LogP contribution in [0.1, 0.15) is 6.42 Å². The van der Waals surface area contributed by atoms with Crippen molar-refractivity contribution in [3.05, 3.63) is 41.4 Å². The molecule has 2 amide bonds. The van der Waals surface area contributed by atoms with Crippen LogP contribution in [0.15, 0.2) is 36.4 Å². The van der Waals surface area contributed by atoms with E-state index >= 15 is 0 Å². The van der Waals surface area contributed by atoms with Gasteiger partial charge in [0.2, 0.25) is 11.8 Å². The molecular weight excluding hydrogens is 262 g/mol. The average molecular weight is 274 g/mol. The molecule has 1 aromatic carbocycles. The fourth-order valence-corrected chi connectivity index (χ4v) is 3.96. The number of benzene rings is 1. The van der Waals surface area contributed by atoms with Gasteiger partial charge in [-0.3, -0.25) is 9.59 Å². The van der Waals surface area contributed by atoms with E-state index in [1.54, 1.807) is 24.3 Å². The van der Waals surface area contributed by atoms with Crippen molar-refractivity contribution in [2.24, 2.45) is 23.7 Å². The molecule has 0 unspecified atom stereocenters. The number of imide groups is 1. The number of allylic oxidation sites excluding steroid dienone is 2. The van der Waals surface area contributed by atoms with E-state index in [0.717, 1.165) is 6.42 Å². The van der Waals surface area contributed by atoms with Crippen LogP contribution in [0.3, 0.4) is 0 Å². The van der Waals surface area contributed by atoms with Gasteiger partial charge in [0, 0.05) is 5.02 Å². The summed E-state index contributed by atoms with van der Waals surface area (Å²) in [5.41, 5.74) is 0.594. The molecule has 96 valence electrons. The molecule has 0 spiro atoms. The van der Waals surface area contributed by atoms with Gasteiger partial charge >= 0.3 is 0 Å². The molecule has 19 heavy (non-hydrogen) atoms. The Balaban J connectivity index is 1.77. The van der Waals surface area contributed by atoms with Crippen molar-refractivity contribution in [2.75, 3.05) is 4.90 Å². The molecule has 0 N–H and O–H groups in total. The third-order valence-electron chi connectivity index (χ3n) is 4.54. The highest BCUT2D eigenvalue weighted by Crippen LogP contribution is 2.53. The van der Waals surface area contributed by atoms with E-state index in [9.17, 15) is 9.59 Å². The van der Waals surface area contributed by atoms with Gasteiger partial charge in [-0.2, -0.15) is 0 Å². The van der Waals surface area contributed by atoms with E-state index in [-0.39, 0.29) is 35.5 Å². The van der Waals surface area contributed by atoms with Gasteiger partial charge in [0.25, 0.3) is 0 Å². The number of rotatable bonds is 1. The molecular formula is C15H12ClNO2. The first-order chi connectivity index (χ1) is 9.16. The van der Waals surface area contributed by atoms with Gasteiger partial charge in [0.1, 0.15) is 0 Å². The monoisotopic (exact) mass is 273 g/mol. The fraction of sp³-hybridized carbons (Fsp3) is 0.333. The Hall–Kier alpha value is -1.61. The molecule has 2 bridgehead atoms. The zero-order valence-corrected chi connectivity index (χ0v) is 10.9. The average Bonchev–Trinajstić information content (AvgIpc) is 3.04. The molecule has 4 rings (SSSR count). The largest absolute Gasteiger partial charge is 0.274 e. The number of halogens is 1. The third-order valence-corrected chi connectivity index (χ3v) is 4.77. The van der Waals surface area contributed by atoms with Gasteiger partial charge < -0.3 is 0 Å². The number of hydrogen-bond acceptors (Lipinski definition) is 2. The predicted molar refractivity (Wildman–Crippen MR) is 71.7 cm³/mol. The van der Waals surface area contributed by atoms with Crippen molar-refractivity contribution in [2.45, 2.75) is 6.42 Å². The minimum Gasteiger partial charge on any atom is -0.274 e. The minimum atomic E-state index is -0.151. The highest BCUT2D eigenvalue weighted by Gasteiger charge is 2.59. The fourth-order valence-electron chi connectivity index (χ4n) is 3.77. The molecule has 3 nitrogen and oxygen atoms in total. The van der Waals surface area contributed by atoms with E-state index in [4.69, 9.17) is 11.6 Å². The molecule has 4 heteroatoms. The van der Waals surface area contributed by atoms with E-state index in [2.05, 4.69) is 12.2 Å². The second kappa shape index (κ2) is 3.70. The molecule has 1 saturated heterocycles. The normalized spacial score (nSPS) is 35.3. The van der Waals surface area contributed by atoms with Crippen LogP contribution >= 0.6 is 11.6 Å². The van der Waals surface area contributed by atoms with Gasteiger partial charge in [0.15, 0.2) is 0 Å². The second-order valence-corrected chi connectivity index (χ2v) is 5.93. The van der Waals surface area contributed by atoms with Crippen LogP contribution in [-0.4, -0.2) is 11.8 Å². The Kier molecular flexibility index (Phi) is 2.19. The Labute approximate surface area is 115 Å². The second-order valence-electron chi connectivity index (χ2n) is 5.49. The maximum Gasteiger partial charge on any atom is 0.238 e. The van der Waals surface area contributed by atoms with Crippen LogP contribution in [0.2, 0.25) is 5.02 Å². The van der Waals surface area contributed by atoms with Crippen LogP contribution in [0, 0.1) is 23.7 Å². The zero-order valence-electron chi connectivity index (χ0n) is 10.1. The summed E-state index contributed by atoms with van der Waals surface area (Å²) in [5.74, 6) is 0.0671. The van der Waals surface area contributed by atoms with Gasteiger partial charge in [-0.25, -0.2) is 4.90 Å². The lowest BCUT2D eigenvalue weighted by molar-refractivity contribution is -0.123. The summed E-state index contributed by atoms with van der Waals surface area (Å²) >= 11 is 5.95. The molecule has 3 aliphatic rings. The van der Waals surface area contributed by atoms with Gasteiger partial charge in [-0.1, -0.05) is 29.8 Å². The van der Waals surface area contributed by atoms with Crippen LogP contribution in [0.5, 0.6) is 0 Å². The lowest BCUT2D eigenvalue weighted by Gasteiger charge is -2.17. The third kappa shape index (κ3) is 1.39. The van der Waals surface area contributed by atoms with E-state index in [1.165, 1.54) is 4.90 Å². The van der Waals surface area contributed by atoms with Crippen molar-refractivity contribution >= 4 is 29.1 Å². The van der Waals surface area contributed by atoms with Crippen LogP contribution in [0.4, 0.5) is 5.69 Å². The molecule has 1 heterocycles. The molecule has 4 atom stereocenters. The molecule has 0 aromatic heterocycles.